The third-order valence-corrected chi connectivity index (χ3v) is 4.67. The third-order valence-electron chi connectivity index (χ3n) is 3.21. The van der Waals surface area contributed by atoms with E-state index < -0.39 is 16.1 Å². The molecule has 0 saturated heterocycles. The van der Waals surface area contributed by atoms with Gasteiger partial charge in [-0.1, -0.05) is 12.1 Å². The van der Waals surface area contributed by atoms with Crippen LogP contribution in [0, 0.1) is 0 Å². The highest BCUT2D eigenvalue weighted by atomic mass is 32.2. The van der Waals surface area contributed by atoms with Crippen LogP contribution in [0.3, 0.4) is 0 Å². The predicted octanol–water partition coefficient (Wildman–Crippen LogP) is 0.994. The summed E-state index contributed by atoms with van der Waals surface area (Å²) in [5.41, 5.74) is 0.571. The molecule has 2 N–H and O–H groups in total. The Labute approximate surface area is 124 Å². The van der Waals surface area contributed by atoms with E-state index in [4.69, 9.17) is 0 Å². The molecule has 2 aromatic rings. The molecular formula is C14H19N3O3S. The summed E-state index contributed by atoms with van der Waals surface area (Å²) in [6.07, 6.45) is 3.30. The molecular weight excluding hydrogens is 290 g/mol. The Morgan fingerprint density at radius 3 is 2.81 bits per heavy atom. The molecule has 7 heteroatoms. The lowest BCUT2D eigenvalue weighted by atomic mass is 10.1. The first-order valence-electron chi connectivity index (χ1n) is 6.64. The second kappa shape index (κ2) is 6.38. The first-order chi connectivity index (χ1) is 9.90. The van der Waals surface area contributed by atoms with Crippen LogP contribution in [-0.2, 0) is 23.5 Å². The van der Waals surface area contributed by atoms with Gasteiger partial charge in [0.2, 0.25) is 10.0 Å². The highest BCUT2D eigenvalue weighted by Gasteiger charge is 2.15. The molecule has 0 aliphatic rings. The van der Waals surface area contributed by atoms with Crippen LogP contribution in [-0.4, -0.2) is 29.6 Å². The minimum atomic E-state index is -3.58. The number of imidazole rings is 1. The Morgan fingerprint density at radius 1 is 1.43 bits per heavy atom. The molecule has 1 aromatic heterocycles. The maximum atomic E-state index is 12.2. The number of hydrogen-bond acceptors (Lipinski definition) is 4. The zero-order valence-corrected chi connectivity index (χ0v) is 12.8. The number of aliphatic hydroxyl groups excluding tert-OH is 1. The lowest BCUT2D eigenvalue weighted by Gasteiger charge is -2.09. The molecule has 0 amide bonds. The highest BCUT2D eigenvalue weighted by Crippen LogP contribution is 2.17. The van der Waals surface area contributed by atoms with Crippen molar-refractivity contribution in [3.63, 3.8) is 0 Å². The molecule has 6 nitrogen and oxygen atoms in total. The van der Waals surface area contributed by atoms with Gasteiger partial charge in [-0.2, -0.15) is 0 Å². The fraction of sp³-hybridized carbons (Fsp3) is 0.357. The molecule has 0 bridgehead atoms. The number of aryl methyl sites for hydroxylation is 1. The van der Waals surface area contributed by atoms with Gasteiger partial charge < -0.3 is 9.67 Å². The molecule has 1 aromatic carbocycles. The molecule has 1 atom stereocenters. The predicted molar refractivity (Wildman–Crippen MR) is 79.2 cm³/mol. The van der Waals surface area contributed by atoms with Gasteiger partial charge in [-0.3, -0.25) is 0 Å². The van der Waals surface area contributed by atoms with Crippen LogP contribution in [0.5, 0.6) is 0 Å². The smallest absolute Gasteiger partial charge is 0.240 e. The average Bonchev–Trinajstić information content (AvgIpc) is 2.84. The summed E-state index contributed by atoms with van der Waals surface area (Å²) in [6.45, 7) is 1.87. The first-order valence-corrected chi connectivity index (χ1v) is 8.12. The van der Waals surface area contributed by atoms with Gasteiger partial charge in [0.25, 0.3) is 0 Å². The molecule has 0 saturated carbocycles. The van der Waals surface area contributed by atoms with Crippen molar-refractivity contribution < 1.29 is 13.5 Å². The zero-order valence-electron chi connectivity index (χ0n) is 12.0. The van der Waals surface area contributed by atoms with E-state index in [2.05, 4.69) is 9.71 Å². The van der Waals surface area contributed by atoms with E-state index in [-0.39, 0.29) is 11.4 Å². The van der Waals surface area contributed by atoms with Crippen molar-refractivity contribution in [3.8, 4) is 0 Å². The normalized spacial score (nSPS) is 13.3. The van der Waals surface area contributed by atoms with Crippen LogP contribution in [0.1, 0.15) is 24.4 Å². The average molecular weight is 309 g/mol. The van der Waals surface area contributed by atoms with E-state index in [1.54, 1.807) is 25.3 Å². The number of hydrogen-bond donors (Lipinski definition) is 2. The topological polar surface area (TPSA) is 84.2 Å². The molecule has 2 rings (SSSR count). The standard InChI is InChI=1S/C14H19N3O3S/c1-11(18)12-4-3-5-13(10-12)21(19,20)16-7-6-14-15-8-9-17(14)2/h3-5,8-11,16,18H,6-7H2,1-2H3. The molecule has 0 spiro atoms. The third kappa shape index (κ3) is 3.90. The summed E-state index contributed by atoms with van der Waals surface area (Å²) < 4.78 is 28.8. The van der Waals surface area contributed by atoms with Crippen molar-refractivity contribution >= 4 is 10.0 Å². The minimum absolute atomic E-state index is 0.153. The van der Waals surface area contributed by atoms with Crippen molar-refractivity contribution in [2.75, 3.05) is 6.54 Å². The number of rotatable bonds is 6. The largest absolute Gasteiger partial charge is 0.389 e. The Kier molecular flexibility index (Phi) is 4.76. The van der Waals surface area contributed by atoms with E-state index >= 15 is 0 Å². The van der Waals surface area contributed by atoms with Gasteiger partial charge >= 0.3 is 0 Å². The van der Waals surface area contributed by atoms with Crippen LogP contribution in [0.4, 0.5) is 0 Å². The number of nitrogens with one attached hydrogen (secondary N) is 1. The maximum absolute atomic E-state index is 12.2. The summed E-state index contributed by atoms with van der Waals surface area (Å²) >= 11 is 0. The fourth-order valence-corrected chi connectivity index (χ4v) is 3.05. The molecule has 21 heavy (non-hydrogen) atoms. The number of sulfonamides is 1. The van der Waals surface area contributed by atoms with Gasteiger partial charge in [-0.25, -0.2) is 18.1 Å². The van der Waals surface area contributed by atoms with Crippen molar-refractivity contribution in [2.24, 2.45) is 7.05 Å². The summed E-state index contributed by atoms with van der Waals surface area (Å²) in [7, 11) is -1.72. The van der Waals surface area contributed by atoms with Crippen molar-refractivity contribution in [1.29, 1.82) is 0 Å². The second-order valence-corrected chi connectivity index (χ2v) is 6.62. The van der Waals surface area contributed by atoms with E-state index in [0.717, 1.165) is 5.82 Å². The SMILES string of the molecule is CC(O)c1cccc(S(=O)(=O)NCCc2nccn2C)c1. The molecule has 1 heterocycles. The Bertz CT molecular complexity index is 708. The van der Waals surface area contributed by atoms with E-state index in [1.807, 2.05) is 17.8 Å². The Hall–Kier alpha value is -1.70. The summed E-state index contributed by atoms with van der Waals surface area (Å²) in [6, 6.07) is 6.30. The molecule has 0 radical (unpaired) electrons. The van der Waals surface area contributed by atoms with Crippen molar-refractivity contribution in [3.05, 3.63) is 48.0 Å². The number of nitrogens with zero attached hydrogens (tertiary/aromatic N) is 2. The van der Waals surface area contributed by atoms with Gasteiger partial charge in [0, 0.05) is 32.4 Å². The van der Waals surface area contributed by atoms with Gasteiger partial charge in [0.05, 0.1) is 11.0 Å². The minimum Gasteiger partial charge on any atom is -0.389 e. The van der Waals surface area contributed by atoms with Crippen LogP contribution in [0.2, 0.25) is 0 Å². The molecule has 1 unspecified atom stereocenters. The fourth-order valence-electron chi connectivity index (χ4n) is 1.96. The van der Waals surface area contributed by atoms with E-state index in [9.17, 15) is 13.5 Å². The van der Waals surface area contributed by atoms with Gasteiger partial charge in [0.1, 0.15) is 5.82 Å². The molecule has 0 aliphatic heterocycles. The maximum Gasteiger partial charge on any atom is 0.240 e. The second-order valence-electron chi connectivity index (χ2n) is 4.85. The van der Waals surface area contributed by atoms with Crippen LogP contribution in [0.25, 0.3) is 0 Å². The highest BCUT2D eigenvalue weighted by molar-refractivity contribution is 7.89. The summed E-state index contributed by atoms with van der Waals surface area (Å²) in [4.78, 5) is 4.29. The zero-order chi connectivity index (χ0) is 15.5. The summed E-state index contributed by atoms with van der Waals surface area (Å²) in [5, 5.41) is 9.52. The Morgan fingerprint density at radius 2 is 2.19 bits per heavy atom. The first kappa shape index (κ1) is 15.7. The van der Waals surface area contributed by atoms with Crippen LogP contribution < -0.4 is 4.72 Å². The van der Waals surface area contributed by atoms with Gasteiger partial charge in [-0.15, -0.1) is 0 Å². The van der Waals surface area contributed by atoms with Crippen molar-refractivity contribution in [1.82, 2.24) is 14.3 Å². The van der Waals surface area contributed by atoms with Crippen molar-refractivity contribution in [2.45, 2.75) is 24.3 Å². The van der Waals surface area contributed by atoms with E-state index in [1.165, 1.54) is 12.1 Å². The van der Waals surface area contributed by atoms with Gasteiger partial charge in [-0.05, 0) is 24.6 Å². The lowest BCUT2D eigenvalue weighted by Crippen LogP contribution is -2.26. The summed E-state index contributed by atoms with van der Waals surface area (Å²) in [5.74, 6) is 0.815. The van der Waals surface area contributed by atoms with Crippen LogP contribution >= 0.6 is 0 Å². The number of aliphatic hydroxyl groups is 1. The number of benzene rings is 1. The molecule has 114 valence electrons. The monoisotopic (exact) mass is 309 g/mol. The molecule has 0 fully saturated rings. The quantitative estimate of drug-likeness (QED) is 0.833. The molecule has 0 aliphatic carbocycles. The number of aromatic nitrogens is 2. The lowest BCUT2D eigenvalue weighted by molar-refractivity contribution is 0.199. The van der Waals surface area contributed by atoms with E-state index in [0.29, 0.717) is 12.0 Å². The van der Waals surface area contributed by atoms with Crippen LogP contribution in [0.15, 0.2) is 41.6 Å². The Balaban J connectivity index is 2.05. The van der Waals surface area contributed by atoms with Gasteiger partial charge in [0.15, 0.2) is 0 Å².